The van der Waals surface area contributed by atoms with Crippen molar-refractivity contribution in [1.82, 2.24) is 9.80 Å². The van der Waals surface area contributed by atoms with Crippen LogP contribution in [0.4, 0.5) is 4.39 Å². The highest BCUT2D eigenvalue weighted by molar-refractivity contribution is 6.34. The lowest BCUT2D eigenvalue weighted by Crippen LogP contribution is -2.36. The maximum absolute atomic E-state index is 13.7. The molecule has 0 heterocycles. The van der Waals surface area contributed by atoms with Crippen LogP contribution >= 0.6 is 23.2 Å². The predicted molar refractivity (Wildman–Crippen MR) is 95.7 cm³/mol. The Labute approximate surface area is 151 Å². The van der Waals surface area contributed by atoms with Gasteiger partial charge in [-0.1, -0.05) is 41.4 Å². The molecule has 6 heteroatoms. The number of carbonyl (C=O) groups is 1. The van der Waals surface area contributed by atoms with Crippen LogP contribution in [0.1, 0.15) is 11.1 Å². The molecule has 128 valence electrons. The van der Waals surface area contributed by atoms with E-state index in [1.54, 1.807) is 31.3 Å². The molecule has 0 aliphatic heterocycles. The molecule has 0 fully saturated rings. The van der Waals surface area contributed by atoms with Gasteiger partial charge in [-0.05, 0) is 36.9 Å². The Morgan fingerprint density at radius 2 is 1.67 bits per heavy atom. The lowest BCUT2D eigenvalue weighted by molar-refractivity contribution is -0.131. The molecule has 2 rings (SSSR count). The Kier molecular flexibility index (Phi) is 6.60. The summed E-state index contributed by atoms with van der Waals surface area (Å²) in [7, 11) is 3.50. The van der Waals surface area contributed by atoms with E-state index in [0.29, 0.717) is 22.2 Å². The van der Waals surface area contributed by atoms with Crippen LogP contribution in [0.3, 0.4) is 0 Å². The zero-order valence-corrected chi connectivity index (χ0v) is 15.1. The molecule has 0 radical (unpaired) electrons. The molecule has 2 aromatic rings. The fourth-order valence-corrected chi connectivity index (χ4v) is 2.96. The Bertz CT molecular complexity index is 704. The van der Waals surface area contributed by atoms with Gasteiger partial charge in [0.1, 0.15) is 5.82 Å². The van der Waals surface area contributed by atoms with Crippen molar-refractivity contribution >= 4 is 29.1 Å². The summed E-state index contributed by atoms with van der Waals surface area (Å²) in [6, 6.07) is 11.8. The van der Waals surface area contributed by atoms with Gasteiger partial charge >= 0.3 is 0 Å². The second-order valence-electron chi connectivity index (χ2n) is 5.79. The molecule has 1 amide bonds. The number of amides is 1. The van der Waals surface area contributed by atoms with E-state index in [1.165, 1.54) is 11.0 Å². The summed E-state index contributed by atoms with van der Waals surface area (Å²) in [4.78, 5) is 15.7. The van der Waals surface area contributed by atoms with Gasteiger partial charge in [0.15, 0.2) is 0 Å². The molecule has 0 aliphatic rings. The number of hydrogen-bond donors (Lipinski definition) is 0. The fraction of sp³-hybridized carbons (Fsp3) is 0.278. The van der Waals surface area contributed by atoms with Crippen molar-refractivity contribution < 1.29 is 9.18 Å². The van der Waals surface area contributed by atoms with Crippen LogP contribution < -0.4 is 0 Å². The summed E-state index contributed by atoms with van der Waals surface area (Å²) in [5.74, 6) is -0.395. The van der Waals surface area contributed by atoms with Crippen molar-refractivity contribution in [2.45, 2.75) is 13.1 Å². The van der Waals surface area contributed by atoms with Gasteiger partial charge in [0.2, 0.25) is 5.91 Å². The van der Waals surface area contributed by atoms with Crippen LogP contribution in [0.5, 0.6) is 0 Å². The molecule has 0 atom stereocenters. The molecule has 0 aliphatic carbocycles. The molecule has 3 nitrogen and oxygen atoms in total. The van der Waals surface area contributed by atoms with Crippen LogP contribution in [0, 0.1) is 5.82 Å². The van der Waals surface area contributed by atoms with Gasteiger partial charge in [-0.15, -0.1) is 0 Å². The number of benzene rings is 2. The summed E-state index contributed by atoms with van der Waals surface area (Å²) in [5.41, 5.74) is 1.43. The third kappa shape index (κ3) is 5.48. The highest BCUT2D eigenvalue weighted by Gasteiger charge is 2.14. The molecule has 2 aromatic carbocycles. The SMILES string of the molecule is CN(CC(=O)N(C)Cc1ccccc1F)Cc1cc(Cl)cc(Cl)c1. The van der Waals surface area contributed by atoms with Crippen molar-refractivity contribution in [2.24, 2.45) is 0 Å². The summed E-state index contributed by atoms with van der Waals surface area (Å²) < 4.78 is 13.7. The number of nitrogens with zero attached hydrogens (tertiary/aromatic N) is 2. The zero-order chi connectivity index (χ0) is 17.7. The summed E-state index contributed by atoms with van der Waals surface area (Å²) in [6.45, 7) is 0.997. The first-order chi connectivity index (χ1) is 11.3. The van der Waals surface area contributed by atoms with Crippen molar-refractivity contribution in [3.05, 3.63) is 69.5 Å². The van der Waals surface area contributed by atoms with Crippen molar-refractivity contribution in [3.8, 4) is 0 Å². The number of hydrogen-bond acceptors (Lipinski definition) is 2. The summed E-state index contributed by atoms with van der Waals surface area (Å²) in [5, 5.41) is 1.13. The van der Waals surface area contributed by atoms with Crippen LogP contribution in [0.25, 0.3) is 0 Å². The molecule has 0 N–H and O–H groups in total. The second kappa shape index (κ2) is 8.47. The van der Waals surface area contributed by atoms with E-state index in [4.69, 9.17) is 23.2 Å². The predicted octanol–water partition coefficient (Wildman–Crippen LogP) is 4.22. The second-order valence-corrected chi connectivity index (χ2v) is 6.66. The van der Waals surface area contributed by atoms with E-state index in [-0.39, 0.29) is 24.8 Å². The largest absolute Gasteiger partial charge is 0.340 e. The van der Waals surface area contributed by atoms with E-state index < -0.39 is 0 Å². The highest BCUT2D eigenvalue weighted by Crippen LogP contribution is 2.20. The van der Waals surface area contributed by atoms with Gasteiger partial charge in [-0.3, -0.25) is 9.69 Å². The lowest BCUT2D eigenvalue weighted by atomic mass is 10.2. The zero-order valence-electron chi connectivity index (χ0n) is 13.6. The van der Waals surface area contributed by atoms with Gasteiger partial charge in [0.25, 0.3) is 0 Å². The lowest BCUT2D eigenvalue weighted by Gasteiger charge is -2.22. The molecule has 0 saturated carbocycles. The van der Waals surface area contributed by atoms with Gasteiger partial charge in [-0.25, -0.2) is 4.39 Å². The van der Waals surface area contributed by atoms with Gasteiger partial charge < -0.3 is 4.90 Å². The van der Waals surface area contributed by atoms with E-state index in [2.05, 4.69) is 0 Å². The minimum atomic E-state index is -0.306. The van der Waals surface area contributed by atoms with Crippen molar-refractivity contribution in [3.63, 3.8) is 0 Å². The quantitative estimate of drug-likeness (QED) is 0.761. The molecule has 0 unspecified atom stereocenters. The van der Waals surface area contributed by atoms with Gasteiger partial charge in [0.05, 0.1) is 6.54 Å². The molecule has 0 bridgehead atoms. The third-order valence-electron chi connectivity index (χ3n) is 3.57. The molecular weight excluding hydrogens is 350 g/mol. The van der Waals surface area contributed by atoms with Gasteiger partial charge in [-0.2, -0.15) is 0 Å². The van der Waals surface area contributed by atoms with E-state index >= 15 is 0 Å². The van der Waals surface area contributed by atoms with E-state index in [1.807, 2.05) is 24.1 Å². The third-order valence-corrected chi connectivity index (χ3v) is 4.01. The van der Waals surface area contributed by atoms with Crippen molar-refractivity contribution in [2.75, 3.05) is 20.6 Å². The molecule has 0 spiro atoms. The van der Waals surface area contributed by atoms with E-state index in [0.717, 1.165) is 5.56 Å². The number of carbonyl (C=O) groups excluding carboxylic acids is 1. The monoisotopic (exact) mass is 368 g/mol. The normalized spacial score (nSPS) is 10.9. The summed E-state index contributed by atoms with van der Waals surface area (Å²) >= 11 is 12.0. The minimum absolute atomic E-state index is 0.0890. The Balaban J connectivity index is 1.92. The molecular formula is C18H19Cl2FN2O. The first kappa shape index (κ1) is 18.7. The smallest absolute Gasteiger partial charge is 0.236 e. The average molecular weight is 369 g/mol. The average Bonchev–Trinajstić information content (AvgIpc) is 2.48. The van der Waals surface area contributed by atoms with Crippen molar-refractivity contribution in [1.29, 1.82) is 0 Å². The molecule has 0 saturated heterocycles. The Morgan fingerprint density at radius 3 is 2.29 bits per heavy atom. The number of likely N-dealkylation sites (N-methyl/N-ethyl adjacent to an activating group) is 2. The Morgan fingerprint density at radius 1 is 1.04 bits per heavy atom. The molecule has 24 heavy (non-hydrogen) atoms. The summed E-state index contributed by atoms with van der Waals surface area (Å²) in [6.07, 6.45) is 0. The number of halogens is 3. The standard InChI is InChI=1S/C18H19Cl2FN2O/c1-22(10-13-7-15(19)9-16(20)8-13)12-18(24)23(2)11-14-5-3-4-6-17(14)21/h3-9H,10-12H2,1-2H3. The first-order valence-corrected chi connectivity index (χ1v) is 8.21. The first-order valence-electron chi connectivity index (χ1n) is 7.46. The van der Waals surface area contributed by atoms with Crippen LogP contribution in [-0.2, 0) is 17.9 Å². The fourth-order valence-electron chi connectivity index (χ4n) is 2.39. The minimum Gasteiger partial charge on any atom is -0.340 e. The maximum Gasteiger partial charge on any atom is 0.236 e. The maximum atomic E-state index is 13.7. The number of rotatable bonds is 6. The highest BCUT2D eigenvalue weighted by atomic mass is 35.5. The van der Waals surface area contributed by atoms with Crippen LogP contribution in [0.15, 0.2) is 42.5 Å². The van der Waals surface area contributed by atoms with Gasteiger partial charge in [0, 0.05) is 35.7 Å². The molecule has 0 aromatic heterocycles. The van der Waals surface area contributed by atoms with Crippen LogP contribution in [0.2, 0.25) is 10.0 Å². The Hall–Kier alpha value is -1.62. The van der Waals surface area contributed by atoms with E-state index in [9.17, 15) is 9.18 Å². The van der Waals surface area contributed by atoms with Crippen LogP contribution in [-0.4, -0.2) is 36.3 Å². The topological polar surface area (TPSA) is 23.6 Å².